The molecule has 0 amide bonds. The van der Waals surface area contributed by atoms with Crippen molar-refractivity contribution in [3.05, 3.63) is 47.5 Å². The second-order valence-electron chi connectivity index (χ2n) is 6.44. The standard InChI is InChI=1S/C18H29N/c1-7-19-17(13-12-14(2)3)15-10-8-9-11-16(15)18(4,5)6/h8-11,17,19H,2,7,12-13H2,1,3-6H3. The summed E-state index contributed by atoms with van der Waals surface area (Å²) in [7, 11) is 0. The average Bonchev–Trinajstić information content (AvgIpc) is 2.33. The molecule has 0 spiro atoms. The topological polar surface area (TPSA) is 12.0 Å². The summed E-state index contributed by atoms with van der Waals surface area (Å²) in [5, 5.41) is 3.63. The van der Waals surface area contributed by atoms with E-state index >= 15 is 0 Å². The number of benzene rings is 1. The zero-order chi connectivity index (χ0) is 14.5. The molecule has 0 aliphatic heterocycles. The van der Waals surface area contributed by atoms with Gasteiger partial charge in [-0.2, -0.15) is 0 Å². The summed E-state index contributed by atoms with van der Waals surface area (Å²) in [5.41, 5.74) is 4.34. The number of rotatable bonds is 6. The Bertz CT molecular complexity index is 412. The monoisotopic (exact) mass is 259 g/mol. The zero-order valence-electron chi connectivity index (χ0n) is 13.2. The Balaban J connectivity index is 3.04. The van der Waals surface area contributed by atoms with E-state index in [1.807, 2.05) is 0 Å². The third-order valence-corrected chi connectivity index (χ3v) is 3.45. The van der Waals surface area contributed by atoms with E-state index in [9.17, 15) is 0 Å². The van der Waals surface area contributed by atoms with E-state index in [-0.39, 0.29) is 5.41 Å². The minimum Gasteiger partial charge on any atom is -0.310 e. The average molecular weight is 259 g/mol. The fourth-order valence-corrected chi connectivity index (χ4v) is 2.49. The van der Waals surface area contributed by atoms with E-state index in [4.69, 9.17) is 0 Å². The van der Waals surface area contributed by atoms with Crippen molar-refractivity contribution < 1.29 is 0 Å². The van der Waals surface area contributed by atoms with E-state index in [0.29, 0.717) is 6.04 Å². The van der Waals surface area contributed by atoms with Crippen LogP contribution in [0, 0.1) is 0 Å². The Morgan fingerprint density at radius 3 is 2.42 bits per heavy atom. The molecular formula is C18H29N. The number of allylic oxidation sites excluding steroid dienone is 1. The van der Waals surface area contributed by atoms with Crippen molar-refractivity contribution in [1.82, 2.24) is 5.32 Å². The third kappa shape index (κ3) is 4.83. The van der Waals surface area contributed by atoms with Crippen molar-refractivity contribution in [2.45, 2.75) is 58.9 Å². The molecule has 0 fully saturated rings. The summed E-state index contributed by atoms with van der Waals surface area (Å²) in [5.74, 6) is 0. The Morgan fingerprint density at radius 1 is 1.26 bits per heavy atom. The molecule has 1 unspecified atom stereocenters. The van der Waals surface area contributed by atoms with Crippen LogP contribution in [0.2, 0.25) is 0 Å². The number of hydrogen-bond donors (Lipinski definition) is 1. The largest absolute Gasteiger partial charge is 0.310 e. The normalized spacial score (nSPS) is 13.3. The highest BCUT2D eigenvalue weighted by Gasteiger charge is 2.21. The van der Waals surface area contributed by atoms with Crippen molar-refractivity contribution >= 4 is 0 Å². The summed E-state index contributed by atoms with van der Waals surface area (Å²) in [6, 6.07) is 9.26. The second-order valence-corrected chi connectivity index (χ2v) is 6.44. The van der Waals surface area contributed by atoms with Crippen molar-refractivity contribution in [3.8, 4) is 0 Å². The van der Waals surface area contributed by atoms with Crippen LogP contribution in [0.3, 0.4) is 0 Å². The number of hydrogen-bond acceptors (Lipinski definition) is 1. The maximum absolute atomic E-state index is 4.02. The van der Waals surface area contributed by atoms with Crippen molar-refractivity contribution in [2.75, 3.05) is 6.54 Å². The highest BCUT2D eigenvalue weighted by Crippen LogP contribution is 2.31. The Hall–Kier alpha value is -1.08. The zero-order valence-corrected chi connectivity index (χ0v) is 13.2. The van der Waals surface area contributed by atoms with Crippen LogP contribution in [0.15, 0.2) is 36.4 Å². The van der Waals surface area contributed by atoms with Crippen LogP contribution in [0.5, 0.6) is 0 Å². The molecule has 0 saturated carbocycles. The summed E-state index contributed by atoms with van der Waals surface area (Å²) >= 11 is 0. The van der Waals surface area contributed by atoms with E-state index in [0.717, 1.165) is 19.4 Å². The SMILES string of the molecule is C=C(C)CCC(NCC)c1ccccc1C(C)(C)C. The summed E-state index contributed by atoms with van der Waals surface area (Å²) in [4.78, 5) is 0. The van der Waals surface area contributed by atoms with Gasteiger partial charge in [0, 0.05) is 6.04 Å². The van der Waals surface area contributed by atoms with Crippen LogP contribution >= 0.6 is 0 Å². The predicted molar refractivity (Wildman–Crippen MR) is 85.6 cm³/mol. The Kier molecular flexibility index (Phi) is 5.81. The Labute approximate surface area is 119 Å². The lowest BCUT2D eigenvalue weighted by Crippen LogP contribution is -2.25. The van der Waals surface area contributed by atoms with Gasteiger partial charge in [0.15, 0.2) is 0 Å². The smallest absolute Gasteiger partial charge is 0.0326 e. The molecule has 106 valence electrons. The van der Waals surface area contributed by atoms with Gasteiger partial charge in [0.25, 0.3) is 0 Å². The Morgan fingerprint density at radius 2 is 1.89 bits per heavy atom. The molecule has 0 bridgehead atoms. The maximum atomic E-state index is 4.02. The van der Waals surface area contributed by atoms with E-state index in [1.54, 1.807) is 0 Å². The molecule has 1 atom stereocenters. The highest BCUT2D eigenvalue weighted by atomic mass is 14.9. The molecule has 1 heteroatoms. The van der Waals surface area contributed by atoms with Crippen LogP contribution in [-0.2, 0) is 5.41 Å². The van der Waals surface area contributed by atoms with Crippen LogP contribution < -0.4 is 5.32 Å². The van der Waals surface area contributed by atoms with E-state index in [2.05, 4.69) is 70.8 Å². The lowest BCUT2D eigenvalue weighted by atomic mass is 9.81. The molecule has 0 aliphatic rings. The first-order valence-corrected chi connectivity index (χ1v) is 7.33. The third-order valence-electron chi connectivity index (χ3n) is 3.45. The van der Waals surface area contributed by atoms with Crippen molar-refractivity contribution in [1.29, 1.82) is 0 Å². The van der Waals surface area contributed by atoms with Crippen LogP contribution in [0.25, 0.3) is 0 Å². The second kappa shape index (κ2) is 6.91. The fourth-order valence-electron chi connectivity index (χ4n) is 2.49. The van der Waals surface area contributed by atoms with Gasteiger partial charge in [0.1, 0.15) is 0 Å². The first-order valence-electron chi connectivity index (χ1n) is 7.33. The quantitative estimate of drug-likeness (QED) is 0.710. The van der Waals surface area contributed by atoms with Gasteiger partial charge in [-0.3, -0.25) is 0 Å². The molecule has 1 N–H and O–H groups in total. The lowest BCUT2D eigenvalue weighted by Gasteiger charge is -2.28. The molecular weight excluding hydrogens is 230 g/mol. The first kappa shape index (κ1) is 16.0. The highest BCUT2D eigenvalue weighted by molar-refractivity contribution is 5.35. The minimum absolute atomic E-state index is 0.188. The number of nitrogens with one attached hydrogen (secondary N) is 1. The van der Waals surface area contributed by atoms with Crippen LogP contribution in [-0.4, -0.2) is 6.54 Å². The van der Waals surface area contributed by atoms with Crippen molar-refractivity contribution in [2.24, 2.45) is 0 Å². The van der Waals surface area contributed by atoms with E-state index in [1.165, 1.54) is 16.7 Å². The van der Waals surface area contributed by atoms with Gasteiger partial charge in [0.2, 0.25) is 0 Å². The molecule has 19 heavy (non-hydrogen) atoms. The molecule has 0 radical (unpaired) electrons. The van der Waals surface area contributed by atoms with Crippen LogP contribution in [0.4, 0.5) is 0 Å². The van der Waals surface area contributed by atoms with Crippen LogP contribution in [0.1, 0.15) is 64.6 Å². The van der Waals surface area contributed by atoms with Gasteiger partial charge in [-0.05, 0) is 42.9 Å². The first-order chi connectivity index (χ1) is 8.86. The van der Waals surface area contributed by atoms with Crippen molar-refractivity contribution in [3.63, 3.8) is 0 Å². The maximum Gasteiger partial charge on any atom is 0.0326 e. The van der Waals surface area contributed by atoms with E-state index < -0.39 is 0 Å². The predicted octanol–water partition coefficient (Wildman–Crippen LogP) is 4.99. The molecule has 0 aliphatic carbocycles. The van der Waals surface area contributed by atoms with Gasteiger partial charge < -0.3 is 5.32 Å². The van der Waals surface area contributed by atoms with Gasteiger partial charge in [0.05, 0.1) is 0 Å². The lowest BCUT2D eigenvalue weighted by molar-refractivity contribution is 0.493. The molecule has 0 heterocycles. The fraction of sp³-hybridized carbons (Fsp3) is 0.556. The molecule has 0 saturated heterocycles. The molecule has 0 aromatic heterocycles. The summed E-state index contributed by atoms with van der Waals surface area (Å²) in [6.07, 6.45) is 2.20. The summed E-state index contributed by atoms with van der Waals surface area (Å²) < 4.78 is 0. The van der Waals surface area contributed by atoms with Gasteiger partial charge in [-0.1, -0.05) is 57.5 Å². The molecule has 1 aromatic rings. The van der Waals surface area contributed by atoms with Gasteiger partial charge >= 0.3 is 0 Å². The molecule has 1 nitrogen and oxygen atoms in total. The summed E-state index contributed by atoms with van der Waals surface area (Å²) in [6.45, 7) is 16.2. The molecule has 1 rings (SSSR count). The molecule has 1 aromatic carbocycles. The minimum atomic E-state index is 0.188. The van der Waals surface area contributed by atoms with Gasteiger partial charge in [-0.25, -0.2) is 0 Å². The van der Waals surface area contributed by atoms with Gasteiger partial charge in [-0.15, -0.1) is 6.58 Å².